The quantitative estimate of drug-likeness (QED) is 0.709. The summed E-state index contributed by atoms with van der Waals surface area (Å²) in [6.45, 7) is 5.97. The van der Waals surface area contributed by atoms with Crippen molar-refractivity contribution < 1.29 is 4.79 Å². The van der Waals surface area contributed by atoms with E-state index in [-0.39, 0.29) is 5.78 Å². The predicted molar refractivity (Wildman–Crippen MR) is 76.0 cm³/mol. The number of carbonyl (C=O) groups is 1. The Morgan fingerprint density at radius 2 is 1.56 bits per heavy atom. The number of carbonyl (C=O) groups excluding carboxylic acids is 1. The van der Waals surface area contributed by atoms with Gasteiger partial charge in [-0.05, 0) is 29.5 Å². The van der Waals surface area contributed by atoms with Crippen molar-refractivity contribution in [2.45, 2.75) is 26.7 Å². The fraction of sp³-hybridized carbons (Fsp3) is 0.235. The van der Waals surface area contributed by atoms with E-state index in [1.54, 1.807) is 6.92 Å². The summed E-state index contributed by atoms with van der Waals surface area (Å²) in [5, 5.41) is 0. The highest BCUT2D eigenvalue weighted by molar-refractivity contribution is 6.00. The first-order valence-electron chi connectivity index (χ1n) is 6.30. The van der Waals surface area contributed by atoms with Gasteiger partial charge in [0, 0.05) is 5.56 Å². The van der Waals surface area contributed by atoms with Gasteiger partial charge in [-0.1, -0.05) is 62.4 Å². The fourth-order valence-corrected chi connectivity index (χ4v) is 2.09. The molecule has 0 N–H and O–H groups in total. The van der Waals surface area contributed by atoms with E-state index in [1.807, 2.05) is 24.3 Å². The molecule has 0 fully saturated rings. The number of rotatable bonds is 3. The first-order chi connectivity index (χ1) is 8.59. The lowest BCUT2D eigenvalue weighted by molar-refractivity contribution is 0.101. The predicted octanol–water partition coefficient (Wildman–Crippen LogP) is 4.68. The van der Waals surface area contributed by atoms with Crippen LogP contribution in [0.15, 0.2) is 48.5 Å². The Kier molecular flexibility index (Phi) is 3.61. The van der Waals surface area contributed by atoms with Gasteiger partial charge in [0.05, 0.1) is 0 Å². The van der Waals surface area contributed by atoms with Crippen molar-refractivity contribution in [1.82, 2.24) is 0 Å². The summed E-state index contributed by atoms with van der Waals surface area (Å²) >= 11 is 0. The van der Waals surface area contributed by atoms with Gasteiger partial charge in [-0.25, -0.2) is 0 Å². The second-order valence-corrected chi connectivity index (χ2v) is 4.88. The van der Waals surface area contributed by atoms with E-state index in [2.05, 4.69) is 38.1 Å². The summed E-state index contributed by atoms with van der Waals surface area (Å²) < 4.78 is 0. The van der Waals surface area contributed by atoms with Gasteiger partial charge in [0.15, 0.2) is 5.78 Å². The SMILES string of the molecule is CC(=O)c1ccccc1-c1ccc(C(C)C)cc1. The average molecular weight is 238 g/mol. The molecule has 0 spiro atoms. The maximum atomic E-state index is 11.6. The van der Waals surface area contributed by atoms with E-state index in [0.717, 1.165) is 16.7 Å². The second-order valence-electron chi connectivity index (χ2n) is 4.88. The third kappa shape index (κ3) is 2.51. The van der Waals surface area contributed by atoms with Gasteiger partial charge in [-0.15, -0.1) is 0 Å². The Labute approximate surface area is 108 Å². The van der Waals surface area contributed by atoms with Crippen molar-refractivity contribution in [2.75, 3.05) is 0 Å². The molecule has 2 aromatic carbocycles. The second kappa shape index (κ2) is 5.18. The van der Waals surface area contributed by atoms with Crippen LogP contribution in [0, 0.1) is 0 Å². The van der Waals surface area contributed by atoms with Crippen LogP contribution < -0.4 is 0 Å². The molecule has 0 saturated carbocycles. The van der Waals surface area contributed by atoms with Crippen molar-refractivity contribution >= 4 is 5.78 Å². The number of hydrogen-bond acceptors (Lipinski definition) is 1. The molecule has 2 rings (SSSR count). The molecule has 1 heteroatoms. The van der Waals surface area contributed by atoms with Gasteiger partial charge < -0.3 is 0 Å². The lowest BCUT2D eigenvalue weighted by Gasteiger charge is -2.09. The van der Waals surface area contributed by atoms with E-state index < -0.39 is 0 Å². The monoisotopic (exact) mass is 238 g/mol. The van der Waals surface area contributed by atoms with E-state index in [0.29, 0.717) is 5.92 Å². The van der Waals surface area contributed by atoms with Crippen LogP contribution in [0.3, 0.4) is 0 Å². The van der Waals surface area contributed by atoms with Crippen LogP contribution in [0.1, 0.15) is 42.6 Å². The number of Topliss-reactive ketones (excluding diaryl/α,β-unsaturated/α-hetero) is 1. The first-order valence-corrected chi connectivity index (χ1v) is 6.30. The van der Waals surface area contributed by atoms with Gasteiger partial charge in [0.2, 0.25) is 0 Å². The highest BCUT2D eigenvalue weighted by Gasteiger charge is 2.08. The van der Waals surface area contributed by atoms with E-state index in [1.165, 1.54) is 5.56 Å². The van der Waals surface area contributed by atoms with Gasteiger partial charge in [0.25, 0.3) is 0 Å². The van der Waals surface area contributed by atoms with E-state index >= 15 is 0 Å². The minimum absolute atomic E-state index is 0.110. The topological polar surface area (TPSA) is 17.1 Å². The van der Waals surface area contributed by atoms with Crippen molar-refractivity contribution in [3.63, 3.8) is 0 Å². The van der Waals surface area contributed by atoms with Crippen LogP contribution >= 0.6 is 0 Å². The Hall–Kier alpha value is -1.89. The fourth-order valence-electron chi connectivity index (χ4n) is 2.09. The summed E-state index contributed by atoms with van der Waals surface area (Å²) in [5.41, 5.74) is 4.22. The highest BCUT2D eigenvalue weighted by Crippen LogP contribution is 2.26. The van der Waals surface area contributed by atoms with Crippen molar-refractivity contribution in [2.24, 2.45) is 0 Å². The Balaban J connectivity index is 2.46. The normalized spacial score (nSPS) is 10.7. The molecule has 1 nitrogen and oxygen atoms in total. The van der Waals surface area contributed by atoms with Crippen molar-refractivity contribution in [3.8, 4) is 11.1 Å². The molecule has 0 bridgehead atoms. The van der Waals surface area contributed by atoms with Crippen molar-refractivity contribution in [3.05, 3.63) is 59.7 Å². The Morgan fingerprint density at radius 1 is 0.944 bits per heavy atom. The molecule has 18 heavy (non-hydrogen) atoms. The molecule has 0 aromatic heterocycles. The van der Waals surface area contributed by atoms with Crippen LogP contribution in [-0.2, 0) is 0 Å². The zero-order chi connectivity index (χ0) is 13.1. The molecule has 0 aliphatic heterocycles. The molecule has 0 unspecified atom stereocenters. The summed E-state index contributed by atoms with van der Waals surface area (Å²) in [6, 6.07) is 16.2. The van der Waals surface area contributed by atoms with Crippen LogP contribution in [0.25, 0.3) is 11.1 Å². The van der Waals surface area contributed by atoms with Crippen LogP contribution in [0.5, 0.6) is 0 Å². The van der Waals surface area contributed by atoms with Crippen LogP contribution in [-0.4, -0.2) is 5.78 Å². The van der Waals surface area contributed by atoms with Gasteiger partial charge in [0.1, 0.15) is 0 Å². The summed E-state index contributed by atoms with van der Waals surface area (Å²) in [7, 11) is 0. The molecule has 0 radical (unpaired) electrons. The molecule has 0 saturated heterocycles. The molecular formula is C17H18O. The van der Waals surface area contributed by atoms with E-state index in [9.17, 15) is 4.79 Å². The number of hydrogen-bond donors (Lipinski definition) is 0. The van der Waals surface area contributed by atoms with Crippen LogP contribution in [0.4, 0.5) is 0 Å². The molecule has 0 amide bonds. The smallest absolute Gasteiger partial charge is 0.160 e. The first kappa shape index (κ1) is 12.6. The number of ketones is 1. The Bertz CT molecular complexity index is 550. The van der Waals surface area contributed by atoms with Gasteiger partial charge >= 0.3 is 0 Å². The molecule has 0 atom stereocenters. The van der Waals surface area contributed by atoms with E-state index in [4.69, 9.17) is 0 Å². The lowest BCUT2D eigenvalue weighted by atomic mass is 9.95. The summed E-state index contributed by atoms with van der Waals surface area (Å²) in [5.74, 6) is 0.639. The Morgan fingerprint density at radius 3 is 2.11 bits per heavy atom. The zero-order valence-corrected chi connectivity index (χ0v) is 11.1. The van der Waals surface area contributed by atoms with Crippen molar-refractivity contribution in [1.29, 1.82) is 0 Å². The molecular weight excluding hydrogens is 220 g/mol. The highest BCUT2D eigenvalue weighted by atomic mass is 16.1. The molecule has 92 valence electrons. The molecule has 0 aliphatic carbocycles. The maximum Gasteiger partial charge on any atom is 0.160 e. The summed E-state index contributed by atoms with van der Waals surface area (Å²) in [6.07, 6.45) is 0. The largest absolute Gasteiger partial charge is 0.294 e. The lowest BCUT2D eigenvalue weighted by Crippen LogP contribution is -1.96. The third-order valence-electron chi connectivity index (χ3n) is 3.19. The summed E-state index contributed by atoms with van der Waals surface area (Å²) in [4.78, 5) is 11.6. The third-order valence-corrected chi connectivity index (χ3v) is 3.19. The average Bonchev–Trinajstić information content (AvgIpc) is 2.39. The molecule has 0 heterocycles. The minimum Gasteiger partial charge on any atom is -0.294 e. The maximum absolute atomic E-state index is 11.6. The number of benzene rings is 2. The molecule has 2 aromatic rings. The van der Waals surface area contributed by atoms with Gasteiger partial charge in [-0.2, -0.15) is 0 Å². The standard InChI is InChI=1S/C17H18O/c1-12(2)14-8-10-15(11-9-14)17-7-5-4-6-16(17)13(3)18/h4-12H,1-3H3. The van der Waals surface area contributed by atoms with Crippen LogP contribution in [0.2, 0.25) is 0 Å². The van der Waals surface area contributed by atoms with Gasteiger partial charge in [-0.3, -0.25) is 4.79 Å². The molecule has 0 aliphatic rings. The minimum atomic E-state index is 0.110. The zero-order valence-electron chi connectivity index (χ0n) is 11.1.